The third kappa shape index (κ3) is 3.67. The van der Waals surface area contributed by atoms with E-state index in [0.717, 1.165) is 19.4 Å². The Hall–Kier alpha value is -0.770. The van der Waals surface area contributed by atoms with Crippen LogP contribution in [0.15, 0.2) is 0 Å². The van der Waals surface area contributed by atoms with Crippen LogP contribution in [0.25, 0.3) is 0 Å². The van der Waals surface area contributed by atoms with Crippen molar-refractivity contribution >= 4 is 6.09 Å². The second-order valence-electron chi connectivity index (χ2n) is 5.53. The zero-order valence-electron chi connectivity index (χ0n) is 11.0. The molecule has 0 spiro atoms. The van der Waals surface area contributed by atoms with Crippen molar-refractivity contribution in [1.82, 2.24) is 10.2 Å². The fraction of sp³-hybridized carbons (Fsp3) is 0.917. The lowest BCUT2D eigenvalue weighted by Gasteiger charge is -2.38. The van der Waals surface area contributed by atoms with Gasteiger partial charge in [0.05, 0.1) is 0 Å². The van der Waals surface area contributed by atoms with Gasteiger partial charge < -0.3 is 15.0 Å². The SMILES string of the molecule is CN[C@H]1CCN(C(=O)OC(C)(C)C)[C@@H](C)C1. The lowest BCUT2D eigenvalue weighted by Crippen LogP contribution is -2.50. The lowest BCUT2D eigenvalue weighted by molar-refractivity contribution is 0.00965. The summed E-state index contributed by atoms with van der Waals surface area (Å²) in [6.07, 6.45) is 1.81. The van der Waals surface area contributed by atoms with Gasteiger partial charge in [-0.3, -0.25) is 0 Å². The van der Waals surface area contributed by atoms with Gasteiger partial charge in [0, 0.05) is 18.6 Å². The average Bonchev–Trinajstić information content (AvgIpc) is 2.14. The van der Waals surface area contributed by atoms with Crippen molar-refractivity contribution in [3.8, 4) is 0 Å². The van der Waals surface area contributed by atoms with Crippen LogP contribution in [0, 0.1) is 0 Å². The van der Waals surface area contributed by atoms with E-state index in [2.05, 4.69) is 12.2 Å². The second kappa shape index (κ2) is 5.04. The highest BCUT2D eigenvalue weighted by molar-refractivity contribution is 5.68. The molecule has 1 amide bonds. The summed E-state index contributed by atoms with van der Waals surface area (Å²) in [5.41, 5.74) is -0.406. The number of likely N-dealkylation sites (tertiary alicyclic amines) is 1. The summed E-state index contributed by atoms with van der Waals surface area (Å²) >= 11 is 0. The smallest absolute Gasteiger partial charge is 0.410 e. The molecule has 0 aliphatic carbocycles. The Labute approximate surface area is 98.3 Å². The third-order valence-corrected chi connectivity index (χ3v) is 2.91. The molecule has 0 bridgehead atoms. The van der Waals surface area contributed by atoms with E-state index in [1.54, 1.807) is 0 Å². The van der Waals surface area contributed by atoms with E-state index in [0.29, 0.717) is 6.04 Å². The number of amides is 1. The van der Waals surface area contributed by atoms with E-state index in [9.17, 15) is 4.79 Å². The van der Waals surface area contributed by atoms with Crippen molar-refractivity contribution in [2.45, 2.75) is 58.2 Å². The Kier molecular flexibility index (Phi) is 4.19. The van der Waals surface area contributed by atoms with E-state index in [1.807, 2.05) is 32.7 Å². The maximum Gasteiger partial charge on any atom is 0.410 e. The van der Waals surface area contributed by atoms with Crippen LogP contribution < -0.4 is 5.32 Å². The first-order chi connectivity index (χ1) is 7.33. The van der Waals surface area contributed by atoms with Crippen LogP contribution in [0.1, 0.15) is 40.5 Å². The maximum atomic E-state index is 11.9. The molecule has 0 aromatic heterocycles. The van der Waals surface area contributed by atoms with Gasteiger partial charge in [-0.2, -0.15) is 0 Å². The van der Waals surface area contributed by atoms with E-state index in [4.69, 9.17) is 4.74 Å². The fourth-order valence-corrected chi connectivity index (χ4v) is 2.03. The van der Waals surface area contributed by atoms with Crippen LogP contribution in [-0.2, 0) is 4.74 Å². The standard InChI is InChI=1S/C12H24N2O2/c1-9-8-10(13-5)6-7-14(9)11(15)16-12(2,3)4/h9-10,13H,6-8H2,1-5H3/t9-,10-/m0/s1. The summed E-state index contributed by atoms with van der Waals surface area (Å²) in [6.45, 7) is 8.55. The third-order valence-electron chi connectivity index (χ3n) is 2.91. The minimum Gasteiger partial charge on any atom is -0.444 e. The molecule has 1 aliphatic heterocycles. The molecule has 1 N–H and O–H groups in total. The molecule has 1 fully saturated rings. The molecule has 1 rings (SSSR count). The summed E-state index contributed by atoms with van der Waals surface area (Å²) in [6, 6.07) is 0.773. The number of carbonyl (C=O) groups excluding carboxylic acids is 1. The number of hydrogen-bond acceptors (Lipinski definition) is 3. The lowest BCUT2D eigenvalue weighted by atomic mass is 9.99. The minimum atomic E-state index is -0.406. The Morgan fingerprint density at radius 1 is 1.44 bits per heavy atom. The van der Waals surface area contributed by atoms with Crippen LogP contribution in [0.4, 0.5) is 4.79 Å². The quantitative estimate of drug-likeness (QED) is 0.746. The van der Waals surface area contributed by atoms with Crippen LogP contribution in [0.5, 0.6) is 0 Å². The highest BCUT2D eigenvalue weighted by Crippen LogP contribution is 2.20. The summed E-state index contributed by atoms with van der Waals surface area (Å²) in [5, 5.41) is 3.26. The molecule has 1 heterocycles. The zero-order chi connectivity index (χ0) is 12.3. The highest BCUT2D eigenvalue weighted by Gasteiger charge is 2.30. The first-order valence-electron chi connectivity index (χ1n) is 6.00. The Morgan fingerprint density at radius 2 is 2.06 bits per heavy atom. The molecule has 0 radical (unpaired) electrons. The molecule has 94 valence electrons. The first-order valence-corrected chi connectivity index (χ1v) is 6.00. The number of hydrogen-bond donors (Lipinski definition) is 1. The number of rotatable bonds is 1. The number of nitrogens with zero attached hydrogens (tertiary/aromatic N) is 1. The van der Waals surface area contributed by atoms with Crippen molar-refractivity contribution in [3.63, 3.8) is 0 Å². The van der Waals surface area contributed by atoms with Crippen LogP contribution >= 0.6 is 0 Å². The fourth-order valence-electron chi connectivity index (χ4n) is 2.03. The molecule has 0 aromatic rings. The number of carbonyl (C=O) groups is 1. The zero-order valence-corrected chi connectivity index (χ0v) is 11.0. The summed E-state index contributed by atoms with van der Waals surface area (Å²) in [5.74, 6) is 0. The molecule has 1 aliphatic rings. The van der Waals surface area contributed by atoms with Gasteiger partial charge >= 0.3 is 6.09 Å². The van der Waals surface area contributed by atoms with Crippen LogP contribution in [-0.4, -0.2) is 42.3 Å². The molecule has 1 saturated heterocycles. The Bertz CT molecular complexity index is 248. The van der Waals surface area contributed by atoms with Gasteiger partial charge in [-0.05, 0) is 47.6 Å². The van der Waals surface area contributed by atoms with E-state index in [1.165, 1.54) is 0 Å². The number of ether oxygens (including phenoxy) is 1. The number of piperidine rings is 1. The molecular formula is C12H24N2O2. The van der Waals surface area contributed by atoms with Crippen molar-refractivity contribution in [2.24, 2.45) is 0 Å². The predicted molar refractivity (Wildman–Crippen MR) is 64.5 cm³/mol. The Balaban J connectivity index is 2.52. The Morgan fingerprint density at radius 3 is 2.50 bits per heavy atom. The molecule has 0 aromatic carbocycles. The monoisotopic (exact) mass is 228 g/mol. The largest absolute Gasteiger partial charge is 0.444 e. The molecule has 4 nitrogen and oxygen atoms in total. The molecule has 16 heavy (non-hydrogen) atoms. The van der Waals surface area contributed by atoms with Gasteiger partial charge in [0.25, 0.3) is 0 Å². The van der Waals surface area contributed by atoms with E-state index < -0.39 is 5.60 Å². The van der Waals surface area contributed by atoms with Gasteiger partial charge in [-0.1, -0.05) is 0 Å². The summed E-state index contributed by atoms with van der Waals surface area (Å²) in [7, 11) is 1.97. The van der Waals surface area contributed by atoms with Gasteiger partial charge in [-0.25, -0.2) is 4.79 Å². The van der Waals surface area contributed by atoms with Crippen LogP contribution in [0.2, 0.25) is 0 Å². The first kappa shape index (κ1) is 13.3. The normalized spacial score (nSPS) is 26.7. The number of nitrogens with one attached hydrogen (secondary N) is 1. The highest BCUT2D eigenvalue weighted by atomic mass is 16.6. The van der Waals surface area contributed by atoms with Crippen molar-refractivity contribution in [1.29, 1.82) is 0 Å². The molecular weight excluding hydrogens is 204 g/mol. The van der Waals surface area contributed by atoms with Gasteiger partial charge in [0.2, 0.25) is 0 Å². The maximum absolute atomic E-state index is 11.9. The van der Waals surface area contributed by atoms with Gasteiger partial charge in [-0.15, -0.1) is 0 Å². The minimum absolute atomic E-state index is 0.186. The topological polar surface area (TPSA) is 41.6 Å². The molecule has 0 unspecified atom stereocenters. The molecule has 4 heteroatoms. The summed E-state index contributed by atoms with van der Waals surface area (Å²) in [4.78, 5) is 13.7. The summed E-state index contributed by atoms with van der Waals surface area (Å²) < 4.78 is 5.38. The van der Waals surface area contributed by atoms with E-state index >= 15 is 0 Å². The second-order valence-corrected chi connectivity index (χ2v) is 5.53. The van der Waals surface area contributed by atoms with E-state index in [-0.39, 0.29) is 12.1 Å². The van der Waals surface area contributed by atoms with Crippen LogP contribution in [0.3, 0.4) is 0 Å². The predicted octanol–water partition coefficient (Wildman–Crippen LogP) is 1.99. The molecule has 0 saturated carbocycles. The van der Waals surface area contributed by atoms with Gasteiger partial charge in [0.15, 0.2) is 0 Å². The van der Waals surface area contributed by atoms with Crippen molar-refractivity contribution < 1.29 is 9.53 Å². The van der Waals surface area contributed by atoms with Crippen molar-refractivity contribution in [3.05, 3.63) is 0 Å². The van der Waals surface area contributed by atoms with Gasteiger partial charge in [0.1, 0.15) is 5.60 Å². The molecule has 2 atom stereocenters. The van der Waals surface area contributed by atoms with Crippen molar-refractivity contribution in [2.75, 3.05) is 13.6 Å². The average molecular weight is 228 g/mol.